The van der Waals surface area contributed by atoms with Crippen molar-refractivity contribution >= 4 is 23.7 Å². The minimum absolute atomic E-state index is 0.115. The third-order valence-electron chi connectivity index (χ3n) is 3.73. The van der Waals surface area contributed by atoms with Gasteiger partial charge in [-0.1, -0.05) is 0 Å². The molecule has 21 heavy (non-hydrogen) atoms. The van der Waals surface area contributed by atoms with Gasteiger partial charge in [0.2, 0.25) is 0 Å². The van der Waals surface area contributed by atoms with Crippen molar-refractivity contribution in [1.82, 2.24) is 4.90 Å². The van der Waals surface area contributed by atoms with E-state index in [1.807, 2.05) is 20.8 Å². The number of carbonyl (C=O) groups is 2. The number of hydrogen-bond donors (Lipinski definition) is 1. The molecule has 1 fully saturated rings. The molecule has 1 atom stereocenters. The molecule has 1 N–H and O–H groups in total. The Morgan fingerprint density at radius 3 is 2.33 bits per heavy atom. The first-order chi connectivity index (χ1) is 9.74. The van der Waals surface area contributed by atoms with Crippen LogP contribution in [0, 0.1) is 11.8 Å². The number of carboxylic acids is 1. The fourth-order valence-corrected chi connectivity index (χ4v) is 2.82. The van der Waals surface area contributed by atoms with Crippen LogP contribution in [-0.2, 0) is 9.53 Å². The van der Waals surface area contributed by atoms with E-state index in [9.17, 15) is 14.7 Å². The van der Waals surface area contributed by atoms with Crippen molar-refractivity contribution in [3.05, 3.63) is 0 Å². The van der Waals surface area contributed by atoms with Crippen molar-refractivity contribution < 1.29 is 19.4 Å². The van der Waals surface area contributed by atoms with E-state index in [2.05, 4.69) is 0 Å². The number of halogens is 1. The lowest BCUT2D eigenvalue weighted by molar-refractivity contribution is -0.144. The van der Waals surface area contributed by atoms with Crippen LogP contribution in [-0.4, -0.2) is 46.6 Å². The van der Waals surface area contributed by atoms with Crippen LogP contribution in [0.2, 0.25) is 0 Å². The lowest BCUT2D eigenvalue weighted by atomic mass is 9.82. The number of carboxylic acid groups (broad SMARTS) is 1. The highest BCUT2D eigenvalue weighted by Crippen LogP contribution is 2.29. The average Bonchev–Trinajstić information content (AvgIpc) is 2.37. The summed E-state index contributed by atoms with van der Waals surface area (Å²) in [6.45, 7) is 6.63. The first kappa shape index (κ1) is 18.1. The molecule has 0 aromatic carbocycles. The lowest BCUT2D eigenvalue weighted by Gasteiger charge is -2.35. The Morgan fingerprint density at radius 2 is 1.90 bits per heavy atom. The molecule has 5 nitrogen and oxygen atoms in total. The molecule has 1 aliphatic heterocycles. The molecule has 1 rings (SSSR count). The first-order valence-corrected chi connectivity index (χ1v) is 8.04. The zero-order valence-corrected chi connectivity index (χ0v) is 13.9. The van der Waals surface area contributed by atoms with Gasteiger partial charge in [0.25, 0.3) is 0 Å². The predicted molar refractivity (Wildman–Crippen MR) is 81.6 cm³/mol. The summed E-state index contributed by atoms with van der Waals surface area (Å²) in [4.78, 5) is 25.0. The Balaban J connectivity index is 2.50. The van der Waals surface area contributed by atoms with Crippen molar-refractivity contribution in [3.63, 3.8) is 0 Å². The van der Waals surface area contributed by atoms with Gasteiger partial charge in [0, 0.05) is 19.0 Å². The summed E-state index contributed by atoms with van der Waals surface area (Å²) in [5, 5.41) is 9.33. The van der Waals surface area contributed by atoms with Crippen molar-refractivity contribution in [2.24, 2.45) is 11.8 Å². The fraction of sp³-hybridized carbons (Fsp3) is 0.867. The average molecular weight is 320 g/mol. The van der Waals surface area contributed by atoms with Gasteiger partial charge in [0.1, 0.15) is 5.60 Å². The number of ether oxygens (including phenoxy) is 1. The molecule has 0 radical (unpaired) electrons. The lowest BCUT2D eigenvalue weighted by Crippen LogP contribution is -2.43. The molecule has 1 saturated heterocycles. The summed E-state index contributed by atoms with van der Waals surface area (Å²) in [5.41, 5.74) is -0.502. The third kappa shape index (κ3) is 6.12. The molecule has 122 valence electrons. The van der Waals surface area contributed by atoms with E-state index in [0.717, 1.165) is 0 Å². The normalized spacial score (nSPS) is 18.4. The SMILES string of the molecule is CC(C)(C)OC(=O)N1CCC(C(CCCCl)C(=O)O)CC1. The molecule has 6 heteroatoms. The molecule has 0 aromatic heterocycles. The standard InChI is InChI=1S/C15H26ClNO4/c1-15(2,3)21-14(20)17-9-6-11(7-10-17)12(13(18)19)5-4-8-16/h11-12H,4-10H2,1-3H3,(H,18,19). The zero-order valence-electron chi connectivity index (χ0n) is 13.1. The number of likely N-dealkylation sites (tertiary alicyclic amines) is 1. The summed E-state index contributed by atoms with van der Waals surface area (Å²) in [6, 6.07) is 0. The smallest absolute Gasteiger partial charge is 0.410 e. The molecule has 1 unspecified atom stereocenters. The molecule has 0 aliphatic carbocycles. The van der Waals surface area contributed by atoms with Gasteiger partial charge in [-0.3, -0.25) is 4.79 Å². The summed E-state index contributed by atoms with van der Waals surface area (Å²) in [5.74, 6) is -0.509. The number of alkyl halides is 1. The Labute approximate surface area is 131 Å². The minimum atomic E-state index is -0.754. The van der Waals surface area contributed by atoms with Crippen LogP contribution >= 0.6 is 11.6 Å². The maximum Gasteiger partial charge on any atom is 0.410 e. The Bertz CT molecular complexity index is 359. The second-order valence-electron chi connectivity index (χ2n) is 6.58. The Kier molecular flexibility index (Phi) is 6.78. The van der Waals surface area contributed by atoms with Crippen LogP contribution in [0.25, 0.3) is 0 Å². The molecule has 0 aromatic rings. The number of carbonyl (C=O) groups excluding carboxylic acids is 1. The molecular weight excluding hydrogens is 294 g/mol. The van der Waals surface area contributed by atoms with E-state index in [-0.39, 0.29) is 17.9 Å². The van der Waals surface area contributed by atoms with Gasteiger partial charge in [0.05, 0.1) is 5.92 Å². The number of aliphatic carboxylic acids is 1. The van der Waals surface area contributed by atoms with Gasteiger partial charge in [-0.05, 0) is 52.4 Å². The van der Waals surface area contributed by atoms with Crippen molar-refractivity contribution in [1.29, 1.82) is 0 Å². The summed E-state index contributed by atoms with van der Waals surface area (Å²) >= 11 is 5.65. The number of rotatable bonds is 5. The molecule has 1 amide bonds. The van der Waals surface area contributed by atoms with Crippen molar-refractivity contribution in [2.45, 2.75) is 52.1 Å². The summed E-state index contributed by atoms with van der Waals surface area (Å²) in [7, 11) is 0. The second kappa shape index (κ2) is 7.87. The van der Waals surface area contributed by atoms with E-state index in [1.165, 1.54) is 0 Å². The summed E-state index contributed by atoms with van der Waals surface area (Å²) in [6.07, 6.45) is 2.42. The topological polar surface area (TPSA) is 66.8 Å². The van der Waals surface area contributed by atoms with Gasteiger partial charge in [-0.2, -0.15) is 0 Å². The van der Waals surface area contributed by atoms with Gasteiger partial charge in [0.15, 0.2) is 0 Å². The van der Waals surface area contributed by atoms with Crippen LogP contribution in [0.4, 0.5) is 4.79 Å². The Morgan fingerprint density at radius 1 is 1.33 bits per heavy atom. The highest BCUT2D eigenvalue weighted by Gasteiger charge is 2.33. The quantitative estimate of drug-likeness (QED) is 0.789. The van der Waals surface area contributed by atoms with E-state index < -0.39 is 11.6 Å². The summed E-state index contributed by atoms with van der Waals surface area (Å²) < 4.78 is 5.34. The maximum atomic E-state index is 12.0. The number of piperidine rings is 1. The van der Waals surface area contributed by atoms with E-state index in [0.29, 0.717) is 44.7 Å². The van der Waals surface area contributed by atoms with E-state index in [4.69, 9.17) is 16.3 Å². The van der Waals surface area contributed by atoms with Crippen LogP contribution < -0.4 is 0 Å². The number of nitrogens with zero attached hydrogens (tertiary/aromatic N) is 1. The second-order valence-corrected chi connectivity index (χ2v) is 6.96. The monoisotopic (exact) mass is 319 g/mol. The molecule has 1 aliphatic rings. The van der Waals surface area contributed by atoms with Gasteiger partial charge < -0.3 is 14.7 Å². The van der Waals surface area contributed by atoms with Crippen LogP contribution in [0.1, 0.15) is 46.5 Å². The number of hydrogen-bond acceptors (Lipinski definition) is 3. The Hall–Kier alpha value is -0.970. The van der Waals surface area contributed by atoms with Crippen molar-refractivity contribution in [2.75, 3.05) is 19.0 Å². The van der Waals surface area contributed by atoms with Crippen LogP contribution in [0.3, 0.4) is 0 Å². The molecule has 0 saturated carbocycles. The molecular formula is C15H26ClNO4. The highest BCUT2D eigenvalue weighted by molar-refractivity contribution is 6.17. The first-order valence-electron chi connectivity index (χ1n) is 7.51. The largest absolute Gasteiger partial charge is 0.481 e. The number of amides is 1. The molecule has 0 bridgehead atoms. The molecule has 0 spiro atoms. The van der Waals surface area contributed by atoms with Crippen molar-refractivity contribution in [3.8, 4) is 0 Å². The maximum absolute atomic E-state index is 12.0. The van der Waals surface area contributed by atoms with Crippen LogP contribution in [0.15, 0.2) is 0 Å². The van der Waals surface area contributed by atoms with Gasteiger partial charge in [-0.25, -0.2) is 4.79 Å². The molecule has 1 heterocycles. The minimum Gasteiger partial charge on any atom is -0.481 e. The zero-order chi connectivity index (χ0) is 16.0. The van der Waals surface area contributed by atoms with Gasteiger partial charge in [-0.15, -0.1) is 11.6 Å². The fourth-order valence-electron chi connectivity index (χ4n) is 2.67. The van der Waals surface area contributed by atoms with E-state index >= 15 is 0 Å². The van der Waals surface area contributed by atoms with Crippen LogP contribution in [0.5, 0.6) is 0 Å². The predicted octanol–water partition coefficient (Wildman–Crippen LogP) is 3.35. The third-order valence-corrected chi connectivity index (χ3v) is 3.99. The van der Waals surface area contributed by atoms with E-state index in [1.54, 1.807) is 4.90 Å². The highest BCUT2D eigenvalue weighted by atomic mass is 35.5. The van der Waals surface area contributed by atoms with Gasteiger partial charge >= 0.3 is 12.1 Å².